The third-order valence-corrected chi connectivity index (χ3v) is 4.37. The number of aryl methyl sites for hydroxylation is 1. The number of anilines is 1. The molecule has 4 nitrogen and oxygen atoms in total. The molecule has 0 amide bonds. The Morgan fingerprint density at radius 3 is 2.72 bits per heavy atom. The molecule has 1 heterocycles. The molecule has 18 heavy (non-hydrogen) atoms. The number of hydrogen-bond donors (Lipinski definition) is 2. The van der Waals surface area contributed by atoms with Crippen molar-refractivity contribution in [3.63, 3.8) is 0 Å². The molecule has 98 valence electrons. The lowest BCUT2D eigenvalue weighted by atomic mass is 9.82. The quantitative estimate of drug-likeness (QED) is 0.858. The van der Waals surface area contributed by atoms with E-state index in [0.29, 0.717) is 0 Å². The smallest absolute Gasteiger partial charge is 0.133 e. The van der Waals surface area contributed by atoms with Crippen LogP contribution in [-0.2, 0) is 12.8 Å². The number of nitrogens with zero attached hydrogens (tertiary/aromatic N) is 2. The van der Waals surface area contributed by atoms with Gasteiger partial charge >= 0.3 is 0 Å². The van der Waals surface area contributed by atoms with E-state index in [-0.39, 0.29) is 12.1 Å². The maximum atomic E-state index is 9.75. The van der Waals surface area contributed by atoms with Crippen molar-refractivity contribution in [3.8, 4) is 0 Å². The Morgan fingerprint density at radius 2 is 1.94 bits per heavy atom. The molecule has 0 bridgehead atoms. The summed E-state index contributed by atoms with van der Waals surface area (Å²) in [6, 6.07) is 0. The zero-order valence-corrected chi connectivity index (χ0v) is 10.8. The zero-order chi connectivity index (χ0) is 12.4. The largest absolute Gasteiger partial charge is 0.394 e. The van der Waals surface area contributed by atoms with Crippen molar-refractivity contribution in [2.24, 2.45) is 0 Å². The lowest BCUT2D eigenvalue weighted by molar-refractivity contribution is 0.172. The van der Waals surface area contributed by atoms with E-state index in [1.807, 2.05) is 0 Å². The zero-order valence-electron chi connectivity index (χ0n) is 10.8. The normalized spacial score (nSPS) is 21.6. The van der Waals surface area contributed by atoms with Gasteiger partial charge in [0.25, 0.3) is 0 Å². The highest BCUT2D eigenvalue weighted by atomic mass is 16.3. The van der Waals surface area contributed by atoms with E-state index in [1.165, 1.54) is 36.9 Å². The lowest BCUT2D eigenvalue weighted by Gasteiger charge is -2.37. The average molecular weight is 247 g/mol. The topological polar surface area (TPSA) is 58.0 Å². The standard InChI is InChI=1S/C14H21N3O/c18-9-14(7-2-1-3-8-14)17-13-11-5-4-6-12(11)15-10-16-13/h10,18H,1-9H2,(H,15,16,17). The van der Waals surface area contributed by atoms with Crippen molar-refractivity contribution in [2.45, 2.75) is 56.9 Å². The molecule has 0 saturated heterocycles. The summed E-state index contributed by atoms with van der Waals surface area (Å²) in [6.07, 6.45) is 10.7. The molecule has 1 fully saturated rings. The van der Waals surface area contributed by atoms with Crippen molar-refractivity contribution in [3.05, 3.63) is 17.6 Å². The number of aliphatic hydroxyl groups is 1. The van der Waals surface area contributed by atoms with Gasteiger partial charge in [0.05, 0.1) is 12.1 Å². The van der Waals surface area contributed by atoms with Crippen LogP contribution in [0.2, 0.25) is 0 Å². The summed E-state index contributed by atoms with van der Waals surface area (Å²) in [7, 11) is 0. The molecule has 0 spiro atoms. The summed E-state index contributed by atoms with van der Waals surface area (Å²) in [5, 5.41) is 13.3. The minimum atomic E-state index is -0.150. The second-order valence-electron chi connectivity index (χ2n) is 5.63. The Kier molecular flexibility index (Phi) is 3.20. The van der Waals surface area contributed by atoms with E-state index in [9.17, 15) is 5.11 Å². The van der Waals surface area contributed by atoms with Crippen molar-refractivity contribution in [2.75, 3.05) is 11.9 Å². The second kappa shape index (κ2) is 4.84. The van der Waals surface area contributed by atoms with Gasteiger partial charge in [-0.05, 0) is 32.1 Å². The van der Waals surface area contributed by atoms with Gasteiger partial charge in [-0.3, -0.25) is 0 Å². The Bertz CT molecular complexity index is 427. The average Bonchev–Trinajstić information content (AvgIpc) is 2.89. The van der Waals surface area contributed by atoms with Crippen molar-refractivity contribution < 1.29 is 5.11 Å². The minimum absolute atomic E-state index is 0.150. The summed E-state index contributed by atoms with van der Waals surface area (Å²) in [5.41, 5.74) is 2.32. The van der Waals surface area contributed by atoms with Gasteiger partial charge in [-0.2, -0.15) is 0 Å². The Morgan fingerprint density at radius 1 is 1.11 bits per heavy atom. The van der Waals surface area contributed by atoms with Crippen LogP contribution in [0, 0.1) is 0 Å². The fourth-order valence-electron chi connectivity index (χ4n) is 3.27. The second-order valence-corrected chi connectivity index (χ2v) is 5.63. The molecular weight excluding hydrogens is 226 g/mol. The van der Waals surface area contributed by atoms with Crippen molar-refractivity contribution in [1.82, 2.24) is 9.97 Å². The molecule has 0 aliphatic heterocycles. The SMILES string of the molecule is OCC1(Nc2ncnc3c2CCC3)CCCCC1. The van der Waals surface area contributed by atoms with Crippen LogP contribution in [0.1, 0.15) is 49.8 Å². The predicted octanol–water partition coefficient (Wildman–Crippen LogP) is 2.07. The van der Waals surface area contributed by atoms with Crippen LogP contribution in [0.3, 0.4) is 0 Å². The van der Waals surface area contributed by atoms with Crippen LogP contribution >= 0.6 is 0 Å². The third-order valence-electron chi connectivity index (χ3n) is 4.37. The van der Waals surface area contributed by atoms with Crippen LogP contribution in [0.5, 0.6) is 0 Å². The molecule has 1 aromatic heterocycles. The summed E-state index contributed by atoms with van der Waals surface area (Å²) in [6.45, 7) is 0.200. The van der Waals surface area contributed by atoms with Gasteiger partial charge in [0.15, 0.2) is 0 Å². The molecule has 1 aromatic rings. The fourth-order valence-corrected chi connectivity index (χ4v) is 3.27. The third kappa shape index (κ3) is 2.09. The number of aromatic nitrogens is 2. The van der Waals surface area contributed by atoms with E-state index in [1.54, 1.807) is 6.33 Å². The van der Waals surface area contributed by atoms with E-state index in [2.05, 4.69) is 15.3 Å². The molecule has 0 aromatic carbocycles. The molecule has 2 aliphatic rings. The summed E-state index contributed by atoms with van der Waals surface area (Å²) >= 11 is 0. The van der Waals surface area contributed by atoms with Crippen molar-refractivity contribution >= 4 is 5.82 Å². The van der Waals surface area contributed by atoms with Gasteiger partial charge in [0.1, 0.15) is 12.1 Å². The molecule has 0 unspecified atom stereocenters. The minimum Gasteiger partial charge on any atom is -0.394 e. The van der Waals surface area contributed by atoms with Crippen LogP contribution < -0.4 is 5.32 Å². The molecule has 4 heteroatoms. The Balaban J connectivity index is 1.85. The number of hydrogen-bond acceptors (Lipinski definition) is 4. The lowest BCUT2D eigenvalue weighted by Crippen LogP contribution is -2.44. The molecule has 0 radical (unpaired) electrons. The summed E-state index contributed by atoms with van der Waals surface area (Å²) in [5.74, 6) is 0.966. The highest BCUT2D eigenvalue weighted by Gasteiger charge is 2.32. The first-order chi connectivity index (χ1) is 8.83. The Labute approximate surface area is 108 Å². The monoisotopic (exact) mass is 247 g/mol. The predicted molar refractivity (Wildman–Crippen MR) is 70.6 cm³/mol. The van der Waals surface area contributed by atoms with Crippen LogP contribution in [-0.4, -0.2) is 27.2 Å². The molecule has 0 atom stereocenters. The summed E-state index contributed by atoms with van der Waals surface area (Å²) in [4.78, 5) is 8.75. The molecular formula is C14H21N3O. The maximum absolute atomic E-state index is 9.75. The van der Waals surface area contributed by atoms with Gasteiger partial charge in [0.2, 0.25) is 0 Å². The van der Waals surface area contributed by atoms with Gasteiger partial charge in [-0.1, -0.05) is 19.3 Å². The van der Waals surface area contributed by atoms with E-state index >= 15 is 0 Å². The van der Waals surface area contributed by atoms with Gasteiger partial charge in [-0.15, -0.1) is 0 Å². The van der Waals surface area contributed by atoms with Crippen LogP contribution in [0.4, 0.5) is 5.82 Å². The number of rotatable bonds is 3. The number of nitrogens with one attached hydrogen (secondary N) is 1. The maximum Gasteiger partial charge on any atom is 0.133 e. The number of fused-ring (bicyclic) bond motifs is 1. The van der Waals surface area contributed by atoms with E-state index in [0.717, 1.165) is 31.5 Å². The summed E-state index contributed by atoms with van der Waals surface area (Å²) < 4.78 is 0. The van der Waals surface area contributed by atoms with Gasteiger partial charge in [0, 0.05) is 11.3 Å². The molecule has 3 rings (SSSR count). The Hall–Kier alpha value is -1.16. The van der Waals surface area contributed by atoms with Crippen LogP contribution in [0.15, 0.2) is 6.33 Å². The van der Waals surface area contributed by atoms with Gasteiger partial charge in [-0.25, -0.2) is 9.97 Å². The first-order valence-corrected chi connectivity index (χ1v) is 7.05. The van der Waals surface area contributed by atoms with Crippen molar-refractivity contribution in [1.29, 1.82) is 0 Å². The first-order valence-electron chi connectivity index (χ1n) is 7.05. The molecule has 1 saturated carbocycles. The molecule has 2 N–H and O–H groups in total. The highest BCUT2D eigenvalue weighted by Crippen LogP contribution is 2.33. The van der Waals surface area contributed by atoms with Gasteiger partial charge < -0.3 is 10.4 Å². The van der Waals surface area contributed by atoms with Crippen LogP contribution in [0.25, 0.3) is 0 Å². The molecule has 2 aliphatic carbocycles. The fraction of sp³-hybridized carbons (Fsp3) is 0.714. The number of aliphatic hydroxyl groups excluding tert-OH is 1. The first kappa shape index (κ1) is 11.9. The van der Waals surface area contributed by atoms with E-state index < -0.39 is 0 Å². The van der Waals surface area contributed by atoms with E-state index in [4.69, 9.17) is 0 Å². The highest BCUT2D eigenvalue weighted by molar-refractivity contribution is 5.50.